The van der Waals surface area contributed by atoms with Crippen molar-refractivity contribution in [3.63, 3.8) is 0 Å². The number of phenols is 1. The molecule has 0 saturated heterocycles. The first-order valence-corrected chi connectivity index (χ1v) is 4.79. The maximum absolute atomic E-state index is 12.3. The van der Waals surface area contributed by atoms with E-state index in [1.807, 2.05) is 0 Å². The molecule has 0 radical (unpaired) electrons. The van der Waals surface area contributed by atoms with Gasteiger partial charge in [-0.3, -0.25) is 0 Å². The summed E-state index contributed by atoms with van der Waals surface area (Å²) in [4.78, 5) is 0. The minimum atomic E-state index is -5.03. The Morgan fingerprint density at radius 3 is 1.81 bits per heavy atom. The van der Waals surface area contributed by atoms with Crippen LogP contribution in [0.5, 0.6) is 5.75 Å². The Morgan fingerprint density at radius 1 is 0.938 bits per heavy atom. The van der Waals surface area contributed by atoms with Gasteiger partial charge in [0, 0.05) is 3.57 Å². The third-order valence-electron chi connectivity index (χ3n) is 1.72. The number of alkyl halides is 6. The highest BCUT2D eigenvalue weighted by Gasteiger charge is 2.42. The van der Waals surface area contributed by atoms with Gasteiger partial charge in [0.2, 0.25) is 0 Å². The lowest BCUT2D eigenvalue weighted by atomic mass is 10.1. The van der Waals surface area contributed by atoms with Crippen LogP contribution in [0.4, 0.5) is 26.3 Å². The first kappa shape index (κ1) is 13.4. The number of halogens is 7. The molecule has 90 valence electrons. The summed E-state index contributed by atoms with van der Waals surface area (Å²) in [5.74, 6) is -1.79. The molecule has 0 aromatic heterocycles. The summed E-state index contributed by atoms with van der Waals surface area (Å²) in [6.45, 7) is 0. The smallest absolute Gasteiger partial charge is 0.420 e. The lowest BCUT2D eigenvalue weighted by Gasteiger charge is -2.15. The van der Waals surface area contributed by atoms with Crippen LogP contribution in [0.25, 0.3) is 0 Å². The second-order valence-electron chi connectivity index (χ2n) is 2.81. The summed E-state index contributed by atoms with van der Waals surface area (Å²) < 4.78 is 73.2. The van der Waals surface area contributed by atoms with Crippen molar-refractivity contribution in [1.82, 2.24) is 0 Å². The standard InChI is InChI=1S/C8H3F6IO/c9-7(10,11)3-1-2-4(15)5(6(3)16)8(12,13)14/h1-2,16H. The average molecular weight is 356 g/mol. The summed E-state index contributed by atoms with van der Waals surface area (Å²) in [6, 6.07) is 1.07. The third-order valence-corrected chi connectivity index (χ3v) is 2.61. The van der Waals surface area contributed by atoms with Gasteiger partial charge in [0.05, 0.1) is 5.56 Å². The molecular weight excluding hydrogens is 353 g/mol. The molecule has 8 heteroatoms. The van der Waals surface area contributed by atoms with Crippen LogP contribution in [0.3, 0.4) is 0 Å². The Labute approximate surface area is 99.2 Å². The third kappa shape index (κ3) is 2.53. The number of benzene rings is 1. The van der Waals surface area contributed by atoms with Crippen LogP contribution in [0.1, 0.15) is 11.1 Å². The highest BCUT2D eigenvalue weighted by molar-refractivity contribution is 14.1. The Bertz CT molecular complexity index is 408. The van der Waals surface area contributed by atoms with Crippen LogP contribution in [-0.4, -0.2) is 5.11 Å². The molecule has 0 spiro atoms. The normalized spacial score (nSPS) is 12.9. The van der Waals surface area contributed by atoms with E-state index in [1.54, 1.807) is 0 Å². The number of aromatic hydroxyl groups is 1. The fourth-order valence-corrected chi connectivity index (χ4v) is 1.81. The van der Waals surface area contributed by atoms with Gasteiger partial charge >= 0.3 is 12.4 Å². The molecule has 0 fully saturated rings. The van der Waals surface area contributed by atoms with E-state index >= 15 is 0 Å². The van der Waals surface area contributed by atoms with Crippen molar-refractivity contribution in [1.29, 1.82) is 0 Å². The van der Waals surface area contributed by atoms with Crippen molar-refractivity contribution < 1.29 is 31.4 Å². The van der Waals surface area contributed by atoms with E-state index in [0.29, 0.717) is 12.1 Å². The molecule has 0 heterocycles. The van der Waals surface area contributed by atoms with Crippen molar-refractivity contribution in [2.24, 2.45) is 0 Å². The van der Waals surface area contributed by atoms with Crippen molar-refractivity contribution >= 4 is 22.6 Å². The maximum atomic E-state index is 12.3. The minimum Gasteiger partial charge on any atom is -0.507 e. The van der Waals surface area contributed by atoms with Gasteiger partial charge < -0.3 is 5.11 Å². The Kier molecular flexibility index (Phi) is 3.32. The number of rotatable bonds is 0. The molecule has 0 bridgehead atoms. The first-order chi connectivity index (χ1) is 7.05. The Hall–Kier alpha value is -0.670. The number of phenolic OH excluding ortho intramolecular Hbond substituents is 1. The number of hydrogen-bond acceptors (Lipinski definition) is 1. The fraction of sp³-hybridized carbons (Fsp3) is 0.250. The van der Waals surface area contributed by atoms with Gasteiger partial charge in [-0.1, -0.05) is 0 Å². The molecule has 1 aromatic carbocycles. The van der Waals surface area contributed by atoms with Gasteiger partial charge in [0.25, 0.3) is 0 Å². The summed E-state index contributed by atoms with van der Waals surface area (Å²) >= 11 is 1.21. The highest BCUT2D eigenvalue weighted by Crippen LogP contribution is 2.45. The van der Waals surface area contributed by atoms with E-state index in [-0.39, 0.29) is 0 Å². The van der Waals surface area contributed by atoms with E-state index in [2.05, 4.69) is 0 Å². The van der Waals surface area contributed by atoms with Gasteiger partial charge in [-0.25, -0.2) is 0 Å². The largest absolute Gasteiger partial charge is 0.507 e. The van der Waals surface area contributed by atoms with Crippen LogP contribution in [0.15, 0.2) is 12.1 Å². The van der Waals surface area contributed by atoms with Gasteiger partial charge in [-0.05, 0) is 34.7 Å². The topological polar surface area (TPSA) is 20.2 Å². The minimum absolute atomic E-state index is 0.409. The molecule has 16 heavy (non-hydrogen) atoms. The van der Waals surface area contributed by atoms with E-state index in [1.165, 1.54) is 22.6 Å². The van der Waals surface area contributed by atoms with Gasteiger partial charge in [-0.15, -0.1) is 0 Å². The Balaban J connectivity index is 3.52. The van der Waals surface area contributed by atoms with E-state index in [4.69, 9.17) is 5.11 Å². The van der Waals surface area contributed by atoms with Gasteiger partial charge in [0.15, 0.2) is 0 Å². The van der Waals surface area contributed by atoms with Gasteiger partial charge in [0.1, 0.15) is 11.3 Å². The second-order valence-corrected chi connectivity index (χ2v) is 3.98. The van der Waals surface area contributed by atoms with Crippen molar-refractivity contribution in [3.05, 3.63) is 26.8 Å². The molecule has 0 aliphatic rings. The molecule has 1 rings (SSSR count). The van der Waals surface area contributed by atoms with E-state index in [9.17, 15) is 26.3 Å². The van der Waals surface area contributed by atoms with Crippen molar-refractivity contribution in [3.8, 4) is 5.75 Å². The molecule has 1 N–H and O–H groups in total. The molecule has 0 atom stereocenters. The van der Waals surface area contributed by atoms with Crippen LogP contribution >= 0.6 is 22.6 Å². The lowest BCUT2D eigenvalue weighted by molar-refractivity contribution is -0.145. The van der Waals surface area contributed by atoms with Gasteiger partial charge in [-0.2, -0.15) is 26.3 Å². The summed E-state index contributed by atoms with van der Waals surface area (Å²) in [6.07, 6.45) is -10.0. The molecule has 1 aromatic rings. The highest BCUT2D eigenvalue weighted by atomic mass is 127. The van der Waals surface area contributed by atoms with Crippen LogP contribution < -0.4 is 0 Å². The zero-order valence-electron chi connectivity index (χ0n) is 7.25. The molecular formula is C8H3F6IO. The molecule has 0 amide bonds. The predicted molar refractivity (Wildman–Crippen MR) is 50.8 cm³/mol. The zero-order valence-corrected chi connectivity index (χ0v) is 9.41. The maximum Gasteiger partial charge on any atom is 0.420 e. The summed E-state index contributed by atoms with van der Waals surface area (Å²) in [5.41, 5.74) is -3.36. The van der Waals surface area contributed by atoms with Crippen LogP contribution in [0, 0.1) is 3.57 Å². The van der Waals surface area contributed by atoms with Crippen molar-refractivity contribution in [2.45, 2.75) is 12.4 Å². The predicted octanol–water partition coefficient (Wildman–Crippen LogP) is 4.03. The first-order valence-electron chi connectivity index (χ1n) is 3.71. The van der Waals surface area contributed by atoms with Crippen molar-refractivity contribution in [2.75, 3.05) is 0 Å². The Morgan fingerprint density at radius 2 is 1.44 bits per heavy atom. The fourth-order valence-electron chi connectivity index (χ4n) is 1.06. The average Bonchev–Trinajstić information content (AvgIpc) is 1.97. The molecule has 0 saturated carbocycles. The molecule has 0 aliphatic carbocycles. The summed E-state index contributed by atoms with van der Waals surface area (Å²) in [7, 11) is 0. The monoisotopic (exact) mass is 356 g/mol. The van der Waals surface area contributed by atoms with E-state index in [0.717, 1.165) is 0 Å². The summed E-state index contributed by atoms with van der Waals surface area (Å²) in [5, 5.41) is 9.00. The van der Waals surface area contributed by atoms with E-state index < -0.39 is 32.8 Å². The molecule has 1 nitrogen and oxygen atoms in total. The van der Waals surface area contributed by atoms with Crippen LogP contribution in [-0.2, 0) is 12.4 Å². The molecule has 0 unspecified atom stereocenters. The lowest BCUT2D eigenvalue weighted by Crippen LogP contribution is -2.13. The second kappa shape index (κ2) is 3.97. The van der Waals surface area contributed by atoms with Crippen LogP contribution in [0.2, 0.25) is 0 Å². The molecule has 0 aliphatic heterocycles. The number of hydrogen-bond donors (Lipinski definition) is 1. The SMILES string of the molecule is Oc1c(C(F)(F)F)ccc(I)c1C(F)(F)F. The zero-order chi connectivity index (χ0) is 12.7. The quantitative estimate of drug-likeness (QED) is 0.550.